The van der Waals surface area contributed by atoms with Crippen LogP contribution in [-0.4, -0.2) is 10.8 Å². The quantitative estimate of drug-likeness (QED) is 0.822. The monoisotopic (exact) mass is 303 g/mol. The predicted molar refractivity (Wildman–Crippen MR) is 93.5 cm³/mol. The van der Waals surface area contributed by atoms with Gasteiger partial charge in [-0.1, -0.05) is 72.8 Å². The van der Waals surface area contributed by atoms with Crippen molar-refractivity contribution in [3.63, 3.8) is 0 Å². The lowest BCUT2D eigenvalue weighted by Crippen LogP contribution is -2.28. The van der Waals surface area contributed by atoms with E-state index < -0.39 is 0 Å². The molecule has 1 heterocycles. The third-order valence-electron chi connectivity index (χ3n) is 4.25. The fourth-order valence-corrected chi connectivity index (χ4v) is 3.02. The van der Waals surface area contributed by atoms with Gasteiger partial charge < -0.3 is 0 Å². The van der Waals surface area contributed by atoms with Gasteiger partial charge in [0.25, 0.3) is 0 Å². The van der Waals surface area contributed by atoms with Crippen molar-refractivity contribution in [1.29, 1.82) is 0 Å². The van der Waals surface area contributed by atoms with Crippen LogP contribution in [0, 0.1) is 5.41 Å². The van der Waals surface area contributed by atoms with E-state index in [4.69, 9.17) is 0 Å². The van der Waals surface area contributed by atoms with Crippen molar-refractivity contribution in [2.45, 2.75) is 19.8 Å². The fraction of sp³-hybridized carbons (Fsp3) is 0.190. The van der Waals surface area contributed by atoms with E-state index in [0.29, 0.717) is 0 Å². The van der Waals surface area contributed by atoms with Crippen LogP contribution < -0.4 is 0 Å². The predicted octanol–water partition coefficient (Wildman–Crippen LogP) is 4.35. The van der Waals surface area contributed by atoms with Crippen LogP contribution in [0.1, 0.15) is 18.1 Å². The van der Waals surface area contributed by atoms with Gasteiger partial charge in [-0.3, -0.25) is 9.69 Å². The standard InChI is InChI=1S/C21H21NO/c1-18(23)22-14-12-21(13-15-22,16-19-8-4-2-5-9-19)17-20-10-6-3-7-11-20/h2-15H,16-17H2,1H3. The van der Waals surface area contributed by atoms with E-state index >= 15 is 0 Å². The molecule has 0 spiro atoms. The first-order valence-corrected chi connectivity index (χ1v) is 7.92. The van der Waals surface area contributed by atoms with Crippen LogP contribution in [0.25, 0.3) is 0 Å². The van der Waals surface area contributed by atoms with Gasteiger partial charge in [-0.25, -0.2) is 0 Å². The Hall–Kier alpha value is -2.61. The summed E-state index contributed by atoms with van der Waals surface area (Å²) in [6.45, 7) is 1.58. The number of nitrogens with zero attached hydrogens (tertiary/aromatic N) is 1. The van der Waals surface area contributed by atoms with Gasteiger partial charge in [0.1, 0.15) is 0 Å². The summed E-state index contributed by atoms with van der Waals surface area (Å²) in [7, 11) is 0. The van der Waals surface area contributed by atoms with Crippen molar-refractivity contribution in [2.24, 2.45) is 5.41 Å². The Balaban J connectivity index is 1.89. The molecule has 0 unspecified atom stereocenters. The second kappa shape index (κ2) is 6.66. The minimum absolute atomic E-state index is 0.0329. The third kappa shape index (κ3) is 3.78. The maximum atomic E-state index is 11.5. The number of hydrogen-bond acceptors (Lipinski definition) is 1. The Bertz CT molecular complexity index is 659. The summed E-state index contributed by atoms with van der Waals surface area (Å²) in [5, 5.41) is 0. The Morgan fingerprint density at radius 3 is 1.65 bits per heavy atom. The number of allylic oxidation sites excluding steroid dienone is 2. The molecule has 2 aromatic carbocycles. The smallest absolute Gasteiger partial charge is 0.227 e. The van der Waals surface area contributed by atoms with Gasteiger partial charge in [-0.05, 0) is 24.0 Å². The maximum absolute atomic E-state index is 11.5. The first-order chi connectivity index (χ1) is 11.2. The van der Waals surface area contributed by atoms with Crippen molar-refractivity contribution in [3.05, 3.63) is 96.3 Å². The maximum Gasteiger partial charge on any atom is 0.227 e. The zero-order valence-corrected chi connectivity index (χ0v) is 13.4. The number of amides is 1. The van der Waals surface area contributed by atoms with Crippen LogP contribution in [0.2, 0.25) is 0 Å². The van der Waals surface area contributed by atoms with Gasteiger partial charge in [-0.15, -0.1) is 0 Å². The number of hydrogen-bond donors (Lipinski definition) is 0. The molecule has 0 saturated heterocycles. The molecule has 2 heteroatoms. The van der Waals surface area contributed by atoms with Crippen LogP contribution in [0.3, 0.4) is 0 Å². The minimum atomic E-state index is -0.103. The van der Waals surface area contributed by atoms with Crippen LogP contribution in [0.15, 0.2) is 85.2 Å². The minimum Gasteiger partial charge on any atom is -0.296 e. The number of rotatable bonds is 4. The zero-order chi connectivity index (χ0) is 16.1. The Morgan fingerprint density at radius 2 is 1.26 bits per heavy atom. The number of carbonyl (C=O) groups excluding carboxylic acids is 1. The van der Waals surface area contributed by atoms with Crippen molar-refractivity contribution >= 4 is 5.91 Å². The average Bonchev–Trinajstić information content (AvgIpc) is 2.57. The molecule has 0 atom stereocenters. The van der Waals surface area contributed by atoms with E-state index in [9.17, 15) is 4.79 Å². The van der Waals surface area contributed by atoms with E-state index in [2.05, 4.69) is 60.7 Å². The molecule has 0 N–H and O–H groups in total. The normalized spacial score (nSPS) is 15.6. The highest BCUT2D eigenvalue weighted by Crippen LogP contribution is 2.34. The molecule has 1 amide bonds. The van der Waals surface area contributed by atoms with E-state index in [1.165, 1.54) is 11.1 Å². The van der Waals surface area contributed by atoms with Crippen LogP contribution in [0.5, 0.6) is 0 Å². The topological polar surface area (TPSA) is 20.3 Å². The molecule has 23 heavy (non-hydrogen) atoms. The molecule has 0 fully saturated rings. The zero-order valence-electron chi connectivity index (χ0n) is 13.4. The van der Waals surface area contributed by atoms with Gasteiger partial charge in [0.15, 0.2) is 0 Å². The summed E-state index contributed by atoms with van der Waals surface area (Å²) in [6.07, 6.45) is 9.95. The average molecular weight is 303 g/mol. The van der Waals surface area contributed by atoms with Gasteiger partial charge in [0.2, 0.25) is 5.91 Å². The molecule has 0 aliphatic carbocycles. The van der Waals surface area contributed by atoms with E-state index in [0.717, 1.165) is 12.8 Å². The molecule has 1 aliphatic heterocycles. The Morgan fingerprint density at radius 1 is 0.826 bits per heavy atom. The highest BCUT2D eigenvalue weighted by atomic mass is 16.2. The molecule has 0 radical (unpaired) electrons. The summed E-state index contributed by atoms with van der Waals surface area (Å²) < 4.78 is 0. The molecule has 1 aliphatic rings. The second-order valence-electron chi connectivity index (χ2n) is 6.12. The molecule has 0 bridgehead atoms. The summed E-state index contributed by atoms with van der Waals surface area (Å²) >= 11 is 0. The third-order valence-corrected chi connectivity index (χ3v) is 4.25. The van der Waals surface area contributed by atoms with Crippen molar-refractivity contribution in [1.82, 2.24) is 4.90 Å². The molecule has 0 saturated carbocycles. The van der Waals surface area contributed by atoms with E-state index in [1.54, 1.807) is 11.8 Å². The molecule has 116 valence electrons. The summed E-state index contributed by atoms with van der Waals surface area (Å²) in [4.78, 5) is 13.2. The SMILES string of the molecule is CC(=O)N1C=CC(Cc2ccccc2)(Cc2ccccc2)C=C1. The van der Waals surface area contributed by atoms with Gasteiger partial charge in [0, 0.05) is 24.7 Å². The molecule has 3 rings (SSSR count). The number of carbonyl (C=O) groups is 1. The lowest BCUT2D eigenvalue weighted by molar-refractivity contribution is -0.124. The van der Waals surface area contributed by atoms with Crippen molar-refractivity contribution in [3.8, 4) is 0 Å². The van der Waals surface area contributed by atoms with Gasteiger partial charge >= 0.3 is 0 Å². The first kappa shape index (κ1) is 15.3. The largest absolute Gasteiger partial charge is 0.296 e. The van der Waals surface area contributed by atoms with Crippen molar-refractivity contribution in [2.75, 3.05) is 0 Å². The molecule has 0 aromatic heterocycles. The number of benzene rings is 2. The van der Waals surface area contributed by atoms with E-state index in [-0.39, 0.29) is 11.3 Å². The first-order valence-electron chi connectivity index (χ1n) is 7.92. The Labute approximate surface area is 137 Å². The van der Waals surface area contributed by atoms with Gasteiger partial charge in [-0.2, -0.15) is 0 Å². The lowest BCUT2D eigenvalue weighted by atomic mass is 9.75. The fourth-order valence-electron chi connectivity index (χ4n) is 3.02. The molecule has 2 nitrogen and oxygen atoms in total. The van der Waals surface area contributed by atoms with E-state index in [1.807, 2.05) is 24.5 Å². The summed E-state index contributed by atoms with van der Waals surface area (Å²) in [6, 6.07) is 21.0. The molecule has 2 aromatic rings. The summed E-state index contributed by atoms with van der Waals surface area (Å²) in [5.74, 6) is 0.0329. The highest BCUT2D eigenvalue weighted by molar-refractivity contribution is 5.75. The van der Waals surface area contributed by atoms with Crippen LogP contribution in [-0.2, 0) is 17.6 Å². The van der Waals surface area contributed by atoms with Gasteiger partial charge in [0.05, 0.1) is 0 Å². The van der Waals surface area contributed by atoms with Crippen LogP contribution >= 0.6 is 0 Å². The molecular formula is C21H21NO. The second-order valence-corrected chi connectivity index (χ2v) is 6.12. The lowest BCUT2D eigenvalue weighted by Gasteiger charge is -2.32. The van der Waals surface area contributed by atoms with Crippen LogP contribution in [0.4, 0.5) is 0 Å². The summed E-state index contributed by atoms with van der Waals surface area (Å²) in [5.41, 5.74) is 2.50. The molecular weight excluding hydrogens is 282 g/mol. The highest BCUT2D eigenvalue weighted by Gasteiger charge is 2.28. The van der Waals surface area contributed by atoms with Crippen molar-refractivity contribution < 1.29 is 4.79 Å². The Kier molecular flexibility index (Phi) is 4.42.